The standard InChI is InChI=1S/C11H15N3O4/c1-2-18-10-5-7(3-4-8(10)15)11(17)9(16)6-13-14-12/h3-5,9,11,15-17H,2,6H2,1H3. The molecule has 2 unspecified atom stereocenters. The summed E-state index contributed by atoms with van der Waals surface area (Å²) in [5.74, 6) is 0.183. The number of benzene rings is 1. The van der Waals surface area contributed by atoms with Crippen molar-refractivity contribution < 1.29 is 20.1 Å². The van der Waals surface area contributed by atoms with Gasteiger partial charge >= 0.3 is 0 Å². The van der Waals surface area contributed by atoms with E-state index in [0.717, 1.165) is 0 Å². The highest BCUT2D eigenvalue weighted by atomic mass is 16.5. The van der Waals surface area contributed by atoms with Crippen LogP contribution in [0.2, 0.25) is 0 Å². The SMILES string of the molecule is CCOc1cc(C(O)C(O)CN=[N+]=[N-])ccc1O. The molecule has 0 aliphatic heterocycles. The second-order valence-electron chi connectivity index (χ2n) is 3.59. The summed E-state index contributed by atoms with van der Waals surface area (Å²) < 4.78 is 5.16. The van der Waals surface area contributed by atoms with E-state index in [0.29, 0.717) is 12.2 Å². The highest BCUT2D eigenvalue weighted by molar-refractivity contribution is 5.42. The van der Waals surface area contributed by atoms with Crippen molar-refractivity contribution in [2.75, 3.05) is 13.2 Å². The predicted molar refractivity (Wildman–Crippen MR) is 64.3 cm³/mol. The fraction of sp³-hybridized carbons (Fsp3) is 0.455. The molecular formula is C11H15N3O4. The Hall–Kier alpha value is -1.95. The molecule has 0 radical (unpaired) electrons. The zero-order valence-corrected chi connectivity index (χ0v) is 9.89. The molecule has 0 fully saturated rings. The Balaban J connectivity index is 2.88. The molecule has 1 aromatic rings. The minimum atomic E-state index is -1.21. The van der Waals surface area contributed by atoms with Crippen LogP contribution in [0.3, 0.4) is 0 Å². The van der Waals surface area contributed by atoms with Crippen molar-refractivity contribution in [3.05, 3.63) is 34.2 Å². The number of aliphatic hydroxyl groups excluding tert-OH is 2. The molecule has 7 heteroatoms. The van der Waals surface area contributed by atoms with Crippen LogP contribution < -0.4 is 4.74 Å². The Morgan fingerprint density at radius 3 is 2.78 bits per heavy atom. The summed E-state index contributed by atoms with van der Waals surface area (Å²) in [7, 11) is 0. The average Bonchev–Trinajstić information content (AvgIpc) is 2.38. The summed E-state index contributed by atoms with van der Waals surface area (Å²) in [5, 5.41) is 32.1. The number of phenolic OH excluding ortho intramolecular Hbond substituents is 1. The third kappa shape index (κ3) is 3.53. The number of phenols is 1. The van der Waals surface area contributed by atoms with Crippen molar-refractivity contribution in [3.8, 4) is 11.5 Å². The molecule has 1 rings (SSSR count). The van der Waals surface area contributed by atoms with Crippen LogP contribution in [-0.2, 0) is 0 Å². The van der Waals surface area contributed by atoms with Crippen LogP contribution >= 0.6 is 0 Å². The van der Waals surface area contributed by atoms with Crippen LogP contribution in [0.1, 0.15) is 18.6 Å². The Labute approximate surface area is 104 Å². The van der Waals surface area contributed by atoms with Crippen molar-refractivity contribution in [2.45, 2.75) is 19.1 Å². The first-order valence-corrected chi connectivity index (χ1v) is 5.42. The Bertz CT molecular complexity index is 446. The molecule has 1 aromatic carbocycles. The van der Waals surface area contributed by atoms with Gasteiger partial charge in [0.05, 0.1) is 19.3 Å². The quantitative estimate of drug-likeness (QED) is 0.404. The first-order valence-electron chi connectivity index (χ1n) is 5.42. The maximum atomic E-state index is 9.83. The number of ether oxygens (including phenoxy) is 1. The van der Waals surface area contributed by atoms with E-state index in [4.69, 9.17) is 10.3 Å². The summed E-state index contributed by atoms with van der Waals surface area (Å²) in [5.41, 5.74) is 8.50. The molecule has 98 valence electrons. The molecule has 18 heavy (non-hydrogen) atoms. The van der Waals surface area contributed by atoms with Crippen molar-refractivity contribution in [1.29, 1.82) is 0 Å². The largest absolute Gasteiger partial charge is 0.504 e. The lowest BCUT2D eigenvalue weighted by Gasteiger charge is -2.17. The average molecular weight is 253 g/mol. The maximum absolute atomic E-state index is 9.83. The van der Waals surface area contributed by atoms with E-state index in [1.54, 1.807) is 6.92 Å². The Morgan fingerprint density at radius 1 is 1.44 bits per heavy atom. The first kappa shape index (κ1) is 14.1. The third-order valence-corrected chi connectivity index (χ3v) is 2.32. The fourth-order valence-electron chi connectivity index (χ4n) is 1.43. The van der Waals surface area contributed by atoms with Gasteiger partial charge in [-0.1, -0.05) is 11.2 Å². The van der Waals surface area contributed by atoms with E-state index < -0.39 is 12.2 Å². The van der Waals surface area contributed by atoms with E-state index in [9.17, 15) is 15.3 Å². The minimum Gasteiger partial charge on any atom is -0.504 e. The number of nitrogens with zero attached hydrogens (tertiary/aromatic N) is 3. The molecule has 0 aromatic heterocycles. The van der Waals surface area contributed by atoms with Gasteiger partial charge in [0.1, 0.15) is 6.10 Å². The van der Waals surface area contributed by atoms with Crippen LogP contribution in [0.5, 0.6) is 11.5 Å². The number of aliphatic hydroxyl groups is 2. The van der Waals surface area contributed by atoms with Crippen molar-refractivity contribution in [2.24, 2.45) is 5.11 Å². The highest BCUT2D eigenvalue weighted by Gasteiger charge is 2.19. The van der Waals surface area contributed by atoms with Gasteiger partial charge in [-0.05, 0) is 30.2 Å². The molecule has 0 amide bonds. The Morgan fingerprint density at radius 2 is 2.17 bits per heavy atom. The number of aromatic hydroxyl groups is 1. The summed E-state index contributed by atoms with van der Waals surface area (Å²) in [4.78, 5) is 2.50. The minimum absolute atomic E-state index is 0.0441. The van der Waals surface area contributed by atoms with Gasteiger partial charge in [0.15, 0.2) is 11.5 Å². The van der Waals surface area contributed by atoms with E-state index in [1.165, 1.54) is 18.2 Å². The smallest absolute Gasteiger partial charge is 0.161 e. The van der Waals surface area contributed by atoms with Crippen molar-refractivity contribution in [3.63, 3.8) is 0 Å². The van der Waals surface area contributed by atoms with E-state index >= 15 is 0 Å². The molecule has 0 saturated heterocycles. The third-order valence-electron chi connectivity index (χ3n) is 2.32. The zero-order valence-electron chi connectivity index (χ0n) is 9.89. The van der Waals surface area contributed by atoms with Gasteiger partial charge in [-0.2, -0.15) is 0 Å². The molecule has 0 heterocycles. The second-order valence-corrected chi connectivity index (χ2v) is 3.59. The molecule has 0 spiro atoms. The van der Waals surface area contributed by atoms with Gasteiger partial charge in [0.2, 0.25) is 0 Å². The van der Waals surface area contributed by atoms with Gasteiger partial charge in [-0.3, -0.25) is 0 Å². The summed E-state index contributed by atoms with van der Waals surface area (Å²) >= 11 is 0. The topological polar surface area (TPSA) is 119 Å². The summed E-state index contributed by atoms with van der Waals surface area (Å²) in [6.45, 7) is 1.90. The number of hydrogen-bond donors (Lipinski definition) is 3. The normalized spacial score (nSPS) is 13.5. The highest BCUT2D eigenvalue weighted by Crippen LogP contribution is 2.30. The lowest BCUT2D eigenvalue weighted by atomic mass is 10.0. The molecule has 3 N–H and O–H groups in total. The van der Waals surface area contributed by atoms with Crippen LogP contribution in [0, 0.1) is 0 Å². The monoisotopic (exact) mass is 253 g/mol. The molecule has 2 atom stereocenters. The predicted octanol–water partition coefficient (Wildman–Crippen LogP) is 1.50. The van der Waals surface area contributed by atoms with Crippen LogP contribution in [-0.4, -0.2) is 34.6 Å². The fourth-order valence-corrected chi connectivity index (χ4v) is 1.43. The van der Waals surface area contributed by atoms with E-state index in [-0.39, 0.29) is 18.0 Å². The van der Waals surface area contributed by atoms with Crippen LogP contribution in [0.25, 0.3) is 10.4 Å². The van der Waals surface area contributed by atoms with Crippen LogP contribution in [0.15, 0.2) is 23.3 Å². The summed E-state index contributed by atoms with van der Waals surface area (Å²) in [6, 6.07) is 4.26. The molecule has 0 bridgehead atoms. The summed E-state index contributed by atoms with van der Waals surface area (Å²) in [6.07, 6.45) is -2.42. The van der Waals surface area contributed by atoms with Gasteiger partial charge in [0, 0.05) is 4.91 Å². The van der Waals surface area contributed by atoms with Gasteiger partial charge in [-0.15, -0.1) is 0 Å². The second kappa shape index (κ2) is 6.70. The lowest BCUT2D eigenvalue weighted by Crippen LogP contribution is -2.21. The van der Waals surface area contributed by atoms with E-state index in [1.807, 2.05) is 0 Å². The van der Waals surface area contributed by atoms with E-state index in [2.05, 4.69) is 10.0 Å². The van der Waals surface area contributed by atoms with Crippen molar-refractivity contribution in [1.82, 2.24) is 0 Å². The van der Waals surface area contributed by atoms with Gasteiger partial charge in [-0.25, -0.2) is 0 Å². The maximum Gasteiger partial charge on any atom is 0.161 e. The zero-order chi connectivity index (χ0) is 13.5. The van der Waals surface area contributed by atoms with Crippen molar-refractivity contribution >= 4 is 0 Å². The number of azide groups is 1. The Kier molecular flexibility index (Phi) is 5.26. The van der Waals surface area contributed by atoms with Gasteiger partial charge < -0.3 is 20.1 Å². The number of hydrogen-bond acceptors (Lipinski definition) is 5. The molecular weight excluding hydrogens is 238 g/mol. The molecule has 7 nitrogen and oxygen atoms in total. The van der Waals surface area contributed by atoms with Gasteiger partial charge in [0.25, 0.3) is 0 Å². The molecule has 0 saturated carbocycles. The molecule has 0 aliphatic rings. The lowest BCUT2D eigenvalue weighted by molar-refractivity contribution is 0.0242. The number of rotatable bonds is 6. The first-order chi connectivity index (χ1) is 8.60. The molecule has 0 aliphatic carbocycles. The van der Waals surface area contributed by atoms with Crippen LogP contribution in [0.4, 0.5) is 0 Å².